The van der Waals surface area contributed by atoms with Crippen LogP contribution < -0.4 is 5.32 Å². The topological polar surface area (TPSA) is 29.1 Å². The molecule has 0 unspecified atom stereocenters. The number of carbonyl (C=O) groups is 1. The van der Waals surface area contributed by atoms with Crippen molar-refractivity contribution in [2.45, 2.75) is 39.0 Å². The maximum Gasteiger partial charge on any atom is 0.251 e. The van der Waals surface area contributed by atoms with E-state index in [0.29, 0.717) is 6.54 Å². The van der Waals surface area contributed by atoms with Crippen molar-refractivity contribution in [2.24, 2.45) is 0 Å². The zero-order chi connectivity index (χ0) is 12.8. The third-order valence-corrected chi connectivity index (χ3v) is 3.44. The van der Waals surface area contributed by atoms with Crippen molar-refractivity contribution in [2.75, 3.05) is 6.54 Å². The highest BCUT2D eigenvalue weighted by atomic mass is 16.1. The number of nitrogens with one attached hydrogen (secondary N) is 1. The number of carbonyl (C=O) groups excluding carboxylic acids is 1. The van der Waals surface area contributed by atoms with Crippen LogP contribution in [-0.4, -0.2) is 12.5 Å². The lowest BCUT2D eigenvalue weighted by Gasteiger charge is -2.16. The van der Waals surface area contributed by atoms with Gasteiger partial charge in [-0.1, -0.05) is 18.2 Å². The molecule has 2 heteroatoms. The van der Waals surface area contributed by atoms with Gasteiger partial charge in [0.05, 0.1) is 0 Å². The van der Waals surface area contributed by atoms with Gasteiger partial charge in [-0.25, -0.2) is 0 Å². The molecule has 0 bridgehead atoms. The number of hydrogen-bond acceptors (Lipinski definition) is 1. The second-order valence-electron chi connectivity index (χ2n) is 4.80. The third kappa shape index (κ3) is 3.22. The van der Waals surface area contributed by atoms with Crippen LogP contribution in [0.2, 0.25) is 0 Å². The van der Waals surface area contributed by atoms with Crippen LogP contribution in [0, 0.1) is 0 Å². The molecular weight excluding hydrogens is 222 g/mol. The van der Waals surface area contributed by atoms with E-state index in [2.05, 4.69) is 23.5 Å². The van der Waals surface area contributed by atoms with Crippen LogP contribution in [0.25, 0.3) is 0 Å². The number of benzene rings is 1. The largest absolute Gasteiger partial charge is 0.352 e. The van der Waals surface area contributed by atoms with Gasteiger partial charge in [-0.2, -0.15) is 0 Å². The van der Waals surface area contributed by atoms with Gasteiger partial charge in [-0.3, -0.25) is 4.79 Å². The summed E-state index contributed by atoms with van der Waals surface area (Å²) in [6, 6.07) is 6.14. The van der Waals surface area contributed by atoms with Crippen molar-refractivity contribution in [3.05, 3.63) is 47.0 Å². The molecule has 1 amide bonds. The van der Waals surface area contributed by atoms with Gasteiger partial charge in [0.2, 0.25) is 0 Å². The van der Waals surface area contributed by atoms with Crippen molar-refractivity contribution < 1.29 is 4.79 Å². The molecule has 1 aliphatic carbocycles. The number of hydrogen-bond donors (Lipinski definition) is 1. The fourth-order valence-electron chi connectivity index (χ4n) is 2.41. The minimum Gasteiger partial charge on any atom is -0.352 e. The molecule has 1 aliphatic rings. The van der Waals surface area contributed by atoms with Crippen LogP contribution in [0.3, 0.4) is 0 Å². The zero-order valence-electron chi connectivity index (χ0n) is 11.0. The van der Waals surface area contributed by atoms with E-state index in [1.54, 1.807) is 0 Å². The van der Waals surface area contributed by atoms with E-state index >= 15 is 0 Å². The molecule has 0 radical (unpaired) electrons. The Hall–Kier alpha value is -1.57. The lowest BCUT2D eigenvalue weighted by molar-refractivity contribution is 0.0954. The van der Waals surface area contributed by atoms with Gasteiger partial charge in [0.1, 0.15) is 0 Å². The Labute approximate surface area is 109 Å². The first kappa shape index (κ1) is 12.9. The molecule has 1 aromatic rings. The van der Waals surface area contributed by atoms with E-state index in [1.165, 1.54) is 30.4 Å². The molecule has 0 heterocycles. The Morgan fingerprint density at radius 3 is 2.83 bits per heavy atom. The lowest BCUT2D eigenvalue weighted by Crippen LogP contribution is -2.24. The average molecular weight is 243 g/mol. The molecule has 0 saturated carbocycles. The Balaban J connectivity index is 1.97. The van der Waals surface area contributed by atoms with Crippen molar-refractivity contribution in [1.82, 2.24) is 5.32 Å². The standard InChI is InChI=1S/C16H21NO/c1-2-3-6-11-17-16(18)15-10-9-13-7-4-5-8-14(13)12-15/h2-3,9-10,12H,4-8,11H2,1H3,(H,17,18)/b3-2+. The first-order valence-electron chi connectivity index (χ1n) is 6.82. The van der Waals surface area contributed by atoms with Crippen molar-refractivity contribution in [1.29, 1.82) is 0 Å². The average Bonchev–Trinajstić information content (AvgIpc) is 2.43. The molecule has 2 nitrogen and oxygen atoms in total. The number of amides is 1. The molecular formula is C16H21NO. The smallest absolute Gasteiger partial charge is 0.251 e. The number of allylic oxidation sites excluding steroid dienone is 1. The van der Waals surface area contributed by atoms with Crippen LogP contribution in [-0.2, 0) is 12.8 Å². The van der Waals surface area contributed by atoms with Gasteiger partial charge in [-0.15, -0.1) is 0 Å². The van der Waals surface area contributed by atoms with E-state index in [9.17, 15) is 4.79 Å². The summed E-state index contributed by atoms with van der Waals surface area (Å²) < 4.78 is 0. The molecule has 2 rings (SSSR count). The predicted octanol–water partition coefficient (Wildman–Crippen LogP) is 3.26. The third-order valence-electron chi connectivity index (χ3n) is 3.44. The Bertz CT molecular complexity index is 448. The molecule has 0 fully saturated rings. The number of rotatable bonds is 4. The summed E-state index contributed by atoms with van der Waals surface area (Å²) in [4.78, 5) is 12.0. The first-order chi connectivity index (χ1) is 8.81. The van der Waals surface area contributed by atoms with Crippen molar-refractivity contribution in [3.8, 4) is 0 Å². The quantitative estimate of drug-likeness (QED) is 0.638. The SMILES string of the molecule is C/C=C/CCNC(=O)c1ccc2c(c1)CCCC2. The normalized spacial score (nSPS) is 14.5. The molecule has 0 atom stereocenters. The summed E-state index contributed by atoms with van der Waals surface area (Å²) in [5, 5.41) is 2.95. The summed E-state index contributed by atoms with van der Waals surface area (Å²) in [6.45, 7) is 2.70. The predicted molar refractivity (Wildman–Crippen MR) is 74.8 cm³/mol. The highest BCUT2D eigenvalue weighted by molar-refractivity contribution is 5.94. The Kier molecular flexibility index (Phi) is 4.57. The minimum atomic E-state index is 0.0490. The van der Waals surface area contributed by atoms with Crippen LogP contribution in [0.4, 0.5) is 0 Å². The summed E-state index contributed by atoms with van der Waals surface area (Å²) in [5.41, 5.74) is 3.59. The van der Waals surface area contributed by atoms with Gasteiger partial charge < -0.3 is 5.32 Å². The second kappa shape index (κ2) is 6.39. The lowest BCUT2D eigenvalue weighted by atomic mass is 9.90. The fourth-order valence-corrected chi connectivity index (χ4v) is 2.41. The highest BCUT2D eigenvalue weighted by Gasteiger charge is 2.12. The highest BCUT2D eigenvalue weighted by Crippen LogP contribution is 2.22. The molecule has 96 valence electrons. The molecule has 1 N–H and O–H groups in total. The van der Waals surface area contributed by atoms with Gasteiger partial charge in [0.15, 0.2) is 0 Å². The Morgan fingerprint density at radius 2 is 2.06 bits per heavy atom. The van der Waals surface area contributed by atoms with E-state index < -0.39 is 0 Å². The molecule has 0 aliphatic heterocycles. The number of aryl methyl sites for hydroxylation is 2. The number of fused-ring (bicyclic) bond motifs is 1. The maximum absolute atomic E-state index is 12.0. The van der Waals surface area contributed by atoms with Crippen LogP contribution in [0.1, 0.15) is 47.7 Å². The van der Waals surface area contributed by atoms with Crippen LogP contribution >= 0.6 is 0 Å². The molecule has 0 saturated heterocycles. The summed E-state index contributed by atoms with van der Waals surface area (Å²) in [5.74, 6) is 0.0490. The van der Waals surface area contributed by atoms with Crippen molar-refractivity contribution in [3.63, 3.8) is 0 Å². The molecule has 18 heavy (non-hydrogen) atoms. The molecule has 1 aromatic carbocycles. The maximum atomic E-state index is 12.0. The van der Waals surface area contributed by atoms with Crippen LogP contribution in [0.15, 0.2) is 30.4 Å². The van der Waals surface area contributed by atoms with Gasteiger partial charge in [0, 0.05) is 12.1 Å². The Morgan fingerprint density at radius 1 is 1.28 bits per heavy atom. The summed E-state index contributed by atoms with van der Waals surface area (Å²) in [7, 11) is 0. The van der Waals surface area contributed by atoms with Gasteiger partial charge in [0.25, 0.3) is 5.91 Å². The van der Waals surface area contributed by atoms with Gasteiger partial charge in [-0.05, 0) is 62.3 Å². The van der Waals surface area contributed by atoms with E-state index in [4.69, 9.17) is 0 Å². The first-order valence-corrected chi connectivity index (χ1v) is 6.82. The summed E-state index contributed by atoms with van der Waals surface area (Å²) >= 11 is 0. The summed E-state index contributed by atoms with van der Waals surface area (Å²) in [6.07, 6.45) is 9.78. The molecule has 0 aromatic heterocycles. The second-order valence-corrected chi connectivity index (χ2v) is 4.80. The zero-order valence-corrected chi connectivity index (χ0v) is 11.0. The van der Waals surface area contributed by atoms with E-state index in [-0.39, 0.29) is 5.91 Å². The van der Waals surface area contributed by atoms with E-state index in [0.717, 1.165) is 18.4 Å². The van der Waals surface area contributed by atoms with Crippen molar-refractivity contribution >= 4 is 5.91 Å². The van der Waals surface area contributed by atoms with Crippen LogP contribution in [0.5, 0.6) is 0 Å². The minimum absolute atomic E-state index is 0.0490. The monoisotopic (exact) mass is 243 g/mol. The fraction of sp³-hybridized carbons (Fsp3) is 0.438. The molecule has 0 spiro atoms. The van der Waals surface area contributed by atoms with E-state index in [1.807, 2.05) is 19.1 Å². The van der Waals surface area contributed by atoms with Gasteiger partial charge >= 0.3 is 0 Å².